The zero-order chi connectivity index (χ0) is 15.8. The summed E-state index contributed by atoms with van der Waals surface area (Å²) >= 11 is 0.832. The predicted molar refractivity (Wildman–Crippen MR) is 80.0 cm³/mol. The zero-order valence-electron chi connectivity index (χ0n) is 12.4. The van der Waals surface area contributed by atoms with Crippen LogP contribution < -0.4 is 0 Å². The number of carbonyl (C=O) groups excluding carboxylic acids is 3. The second-order valence-corrected chi connectivity index (χ2v) is 6.88. The number of aryl methyl sites for hydroxylation is 1. The van der Waals surface area contributed by atoms with Crippen molar-refractivity contribution in [3.05, 3.63) is 35.4 Å². The molecule has 0 aromatic heterocycles. The second-order valence-electron chi connectivity index (χ2n) is 5.83. The lowest BCUT2D eigenvalue weighted by Crippen LogP contribution is -2.40. The molecule has 1 saturated heterocycles. The number of carbonyl (C=O) groups is 3. The minimum atomic E-state index is -0.917. The fraction of sp³-hybridized carbons (Fsp3) is 0.400. The van der Waals surface area contributed by atoms with E-state index >= 15 is 0 Å². The second kappa shape index (κ2) is 5.52. The first-order valence-corrected chi connectivity index (χ1v) is 7.41. The molecule has 1 unspecified atom stereocenters. The third-order valence-corrected chi connectivity index (χ3v) is 3.90. The van der Waals surface area contributed by atoms with Crippen LogP contribution in [0.5, 0.6) is 0 Å². The molecule has 1 fully saturated rings. The summed E-state index contributed by atoms with van der Waals surface area (Å²) in [6.45, 7) is 6.98. The van der Waals surface area contributed by atoms with Crippen molar-refractivity contribution in [2.45, 2.75) is 38.5 Å². The number of imide groups is 3. The minimum absolute atomic E-state index is 0.553. The number of hydrogen-bond donors (Lipinski definition) is 0. The molecule has 1 aromatic rings. The highest BCUT2D eigenvalue weighted by atomic mass is 32.2. The first kappa shape index (κ1) is 15.6. The molecule has 6 heteroatoms. The first-order valence-electron chi connectivity index (χ1n) is 6.53. The summed E-state index contributed by atoms with van der Waals surface area (Å²) in [6, 6.07) is 7.31. The van der Waals surface area contributed by atoms with Crippen molar-refractivity contribution < 1.29 is 19.1 Å². The van der Waals surface area contributed by atoms with Crippen molar-refractivity contribution in [3.8, 4) is 0 Å². The van der Waals surface area contributed by atoms with E-state index in [1.165, 1.54) is 0 Å². The van der Waals surface area contributed by atoms with Crippen LogP contribution in [-0.2, 0) is 9.53 Å². The van der Waals surface area contributed by atoms with E-state index < -0.39 is 28.1 Å². The van der Waals surface area contributed by atoms with E-state index in [0.29, 0.717) is 10.5 Å². The zero-order valence-corrected chi connectivity index (χ0v) is 13.2. The maximum atomic E-state index is 12.3. The molecular weight excluding hydrogens is 290 g/mol. The molecule has 0 aliphatic carbocycles. The number of amides is 3. The molecule has 1 aliphatic rings. The van der Waals surface area contributed by atoms with Crippen LogP contribution in [0.25, 0.3) is 0 Å². The van der Waals surface area contributed by atoms with Crippen LogP contribution >= 0.6 is 11.8 Å². The molecule has 3 amide bonds. The van der Waals surface area contributed by atoms with E-state index in [2.05, 4.69) is 0 Å². The molecule has 1 aliphatic heterocycles. The van der Waals surface area contributed by atoms with Crippen molar-refractivity contribution in [1.29, 1.82) is 0 Å². The smallest absolute Gasteiger partial charge is 0.424 e. The Hall–Kier alpha value is -1.82. The molecule has 0 N–H and O–H groups in total. The number of benzene rings is 1. The van der Waals surface area contributed by atoms with Gasteiger partial charge in [-0.25, -0.2) is 4.79 Å². The molecule has 0 saturated carbocycles. The van der Waals surface area contributed by atoms with Crippen molar-refractivity contribution in [3.63, 3.8) is 0 Å². The van der Waals surface area contributed by atoms with Gasteiger partial charge in [-0.15, -0.1) is 0 Å². The van der Waals surface area contributed by atoms with E-state index in [-0.39, 0.29) is 0 Å². The third-order valence-electron chi connectivity index (χ3n) is 2.80. The number of thioether (sulfide) groups is 1. The maximum Gasteiger partial charge on any atom is 0.424 e. The number of nitrogens with zero attached hydrogens (tertiary/aromatic N) is 1. The normalized spacial score (nSPS) is 19.0. The van der Waals surface area contributed by atoms with Crippen LogP contribution in [0.4, 0.5) is 9.59 Å². The maximum absolute atomic E-state index is 12.3. The Kier molecular flexibility index (Phi) is 4.09. The van der Waals surface area contributed by atoms with Crippen LogP contribution in [0.3, 0.4) is 0 Å². The molecule has 1 heterocycles. The van der Waals surface area contributed by atoms with E-state index in [1.807, 2.05) is 19.1 Å². The molecule has 1 aromatic carbocycles. The van der Waals surface area contributed by atoms with E-state index in [4.69, 9.17) is 4.74 Å². The molecule has 21 heavy (non-hydrogen) atoms. The van der Waals surface area contributed by atoms with Crippen molar-refractivity contribution in [2.24, 2.45) is 0 Å². The number of rotatable bonds is 1. The third kappa shape index (κ3) is 3.44. The molecule has 1 atom stereocenters. The van der Waals surface area contributed by atoms with Crippen LogP contribution in [0.15, 0.2) is 24.3 Å². The molecule has 2 rings (SSSR count). The largest absolute Gasteiger partial charge is 0.443 e. The molecule has 5 nitrogen and oxygen atoms in total. The Morgan fingerprint density at radius 3 is 2.29 bits per heavy atom. The standard InChI is InChI=1S/C15H17NO4S/c1-9-5-7-10(8-6-9)11-12(17)16(14(19)21-11)13(18)20-15(2,3)4/h5-8,11H,1-4H3. The van der Waals surface area contributed by atoms with Gasteiger partial charge in [0.05, 0.1) is 0 Å². The topological polar surface area (TPSA) is 63.7 Å². The lowest BCUT2D eigenvalue weighted by Gasteiger charge is -2.22. The first-order chi connectivity index (χ1) is 9.69. The quantitative estimate of drug-likeness (QED) is 0.792. The molecule has 112 valence electrons. The number of hydrogen-bond acceptors (Lipinski definition) is 5. The monoisotopic (exact) mass is 307 g/mol. The van der Waals surface area contributed by atoms with E-state index in [1.54, 1.807) is 32.9 Å². The van der Waals surface area contributed by atoms with Crippen molar-refractivity contribution in [2.75, 3.05) is 0 Å². The molecule has 0 spiro atoms. The average Bonchev–Trinajstić information content (AvgIpc) is 2.63. The van der Waals surface area contributed by atoms with Gasteiger partial charge in [0, 0.05) is 0 Å². The van der Waals surface area contributed by atoms with Gasteiger partial charge in [-0.3, -0.25) is 9.59 Å². The van der Waals surface area contributed by atoms with Gasteiger partial charge in [0.2, 0.25) is 0 Å². The van der Waals surface area contributed by atoms with Gasteiger partial charge in [0.15, 0.2) is 0 Å². The predicted octanol–water partition coefficient (Wildman–Crippen LogP) is 3.67. The lowest BCUT2D eigenvalue weighted by atomic mass is 10.1. The van der Waals surface area contributed by atoms with E-state index in [0.717, 1.165) is 17.3 Å². The van der Waals surface area contributed by atoms with Gasteiger partial charge in [0.25, 0.3) is 11.1 Å². The molecule has 0 radical (unpaired) electrons. The Morgan fingerprint density at radius 1 is 1.19 bits per heavy atom. The molecule has 0 bridgehead atoms. The summed E-state index contributed by atoms with van der Waals surface area (Å²) in [6.07, 6.45) is -0.917. The lowest BCUT2D eigenvalue weighted by molar-refractivity contribution is -0.126. The van der Waals surface area contributed by atoms with Crippen molar-refractivity contribution >= 4 is 29.0 Å². The Morgan fingerprint density at radius 2 is 1.76 bits per heavy atom. The van der Waals surface area contributed by atoms with E-state index in [9.17, 15) is 14.4 Å². The van der Waals surface area contributed by atoms with Crippen LogP contribution in [0, 0.1) is 6.92 Å². The number of ether oxygens (including phenoxy) is 1. The van der Waals surface area contributed by atoms with Gasteiger partial charge in [-0.2, -0.15) is 4.90 Å². The van der Waals surface area contributed by atoms with Crippen LogP contribution in [-0.4, -0.2) is 27.7 Å². The molecular formula is C15H17NO4S. The average molecular weight is 307 g/mol. The summed E-state index contributed by atoms with van der Waals surface area (Å²) in [7, 11) is 0. The van der Waals surface area contributed by atoms with Gasteiger partial charge in [0.1, 0.15) is 10.9 Å². The Labute approximate surface area is 127 Å². The Bertz CT molecular complexity index is 589. The van der Waals surface area contributed by atoms with Gasteiger partial charge < -0.3 is 4.74 Å². The van der Waals surface area contributed by atoms with Gasteiger partial charge >= 0.3 is 6.09 Å². The fourth-order valence-electron chi connectivity index (χ4n) is 1.84. The van der Waals surface area contributed by atoms with Gasteiger partial charge in [-0.05, 0) is 45.0 Å². The highest BCUT2D eigenvalue weighted by molar-refractivity contribution is 8.15. The summed E-state index contributed by atoms with van der Waals surface area (Å²) < 4.78 is 5.10. The van der Waals surface area contributed by atoms with Crippen LogP contribution in [0.1, 0.15) is 37.1 Å². The van der Waals surface area contributed by atoms with Crippen LogP contribution in [0.2, 0.25) is 0 Å². The SMILES string of the molecule is Cc1ccc(C2SC(=O)N(C(=O)OC(C)(C)C)C2=O)cc1. The summed E-state index contributed by atoms with van der Waals surface area (Å²) in [4.78, 5) is 36.8. The highest BCUT2D eigenvalue weighted by Crippen LogP contribution is 2.39. The summed E-state index contributed by atoms with van der Waals surface area (Å²) in [5, 5.41) is -1.29. The minimum Gasteiger partial charge on any atom is -0.443 e. The fourth-order valence-corrected chi connectivity index (χ4v) is 2.81. The summed E-state index contributed by atoms with van der Waals surface area (Å²) in [5.41, 5.74) is 1.00. The summed E-state index contributed by atoms with van der Waals surface area (Å²) in [5.74, 6) is -0.553. The highest BCUT2D eigenvalue weighted by Gasteiger charge is 2.45. The van der Waals surface area contributed by atoms with Gasteiger partial charge in [-0.1, -0.05) is 29.8 Å². The van der Waals surface area contributed by atoms with Crippen molar-refractivity contribution in [1.82, 2.24) is 4.90 Å². The Balaban J connectivity index is 2.20.